The Labute approximate surface area is 135 Å². The maximum atomic E-state index is 13.1. The second-order valence-electron chi connectivity index (χ2n) is 6.83. The lowest BCUT2D eigenvalue weighted by Crippen LogP contribution is -2.48. The molecule has 116 valence electrons. The molecule has 2 aliphatic heterocycles. The van der Waals surface area contributed by atoms with Crippen molar-refractivity contribution in [3.63, 3.8) is 0 Å². The van der Waals surface area contributed by atoms with E-state index in [9.17, 15) is 4.79 Å². The van der Waals surface area contributed by atoms with Crippen molar-refractivity contribution >= 4 is 21.8 Å². The molecule has 1 aromatic rings. The highest BCUT2D eigenvalue weighted by molar-refractivity contribution is 9.10. The summed E-state index contributed by atoms with van der Waals surface area (Å²) in [6.07, 6.45) is 3.04. The van der Waals surface area contributed by atoms with Gasteiger partial charge < -0.3 is 14.8 Å². The molecule has 0 aromatic carbocycles. The van der Waals surface area contributed by atoms with Gasteiger partial charge in [-0.15, -0.1) is 0 Å². The standard InChI is InChI=1S/C16H24BrN3O/c1-4-5-19-10-12(17)6-14(19)15(21)20-9-11-7-18-8-13(11)16(20,2)3/h6,10-11,13,18H,4-5,7-9H2,1-3H3. The maximum Gasteiger partial charge on any atom is 0.270 e. The average Bonchev–Trinajstić information content (AvgIpc) is 3.07. The predicted octanol–water partition coefficient (Wildman–Crippen LogP) is 2.73. The van der Waals surface area contributed by atoms with Gasteiger partial charge in [0.15, 0.2) is 0 Å². The zero-order valence-electron chi connectivity index (χ0n) is 13.0. The summed E-state index contributed by atoms with van der Waals surface area (Å²) in [5.41, 5.74) is 0.740. The number of nitrogens with one attached hydrogen (secondary N) is 1. The fraction of sp³-hybridized carbons (Fsp3) is 0.688. The van der Waals surface area contributed by atoms with Crippen molar-refractivity contribution in [2.75, 3.05) is 19.6 Å². The number of rotatable bonds is 3. The van der Waals surface area contributed by atoms with E-state index in [1.54, 1.807) is 0 Å². The van der Waals surface area contributed by atoms with Gasteiger partial charge in [-0.1, -0.05) is 6.92 Å². The van der Waals surface area contributed by atoms with E-state index in [1.165, 1.54) is 0 Å². The van der Waals surface area contributed by atoms with Crippen LogP contribution in [0, 0.1) is 11.8 Å². The number of amides is 1. The van der Waals surface area contributed by atoms with Crippen molar-refractivity contribution in [2.45, 2.75) is 39.3 Å². The Morgan fingerprint density at radius 1 is 1.48 bits per heavy atom. The number of aryl methyl sites for hydroxylation is 1. The molecule has 21 heavy (non-hydrogen) atoms. The van der Waals surface area contributed by atoms with Gasteiger partial charge in [-0.05, 0) is 54.1 Å². The number of hydrogen-bond acceptors (Lipinski definition) is 2. The summed E-state index contributed by atoms with van der Waals surface area (Å²) in [7, 11) is 0. The van der Waals surface area contributed by atoms with Crippen LogP contribution >= 0.6 is 15.9 Å². The Morgan fingerprint density at radius 2 is 2.24 bits per heavy atom. The highest BCUT2D eigenvalue weighted by Gasteiger charge is 2.51. The minimum atomic E-state index is -0.0704. The molecular formula is C16H24BrN3O. The Balaban J connectivity index is 1.89. The number of carbonyl (C=O) groups excluding carboxylic acids is 1. The van der Waals surface area contributed by atoms with Crippen molar-refractivity contribution in [3.05, 3.63) is 22.4 Å². The minimum Gasteiger partial charge on any atom is -0.342 e. The van der Waals surface area contributed by atoms with Gasteiger partial charge in [0.05, 0.1) is 0 Å². The van der Waals surface area contributed by atoms with E-state index in [-0.39, 0.29) is 11.4 Å². The first-order valence-electron chi connectivity index (χ1n) is 7.83. The van der Waals surface area contributed by atoms with E-state index >= 15 is 0 Å². The molecule has 0 spiro atoms. The molecule has 1 aromatic heterocycles. The molecule has 2 fully saturated rings. The summed E-state index contributed by atoms with van der Waals surface area (Å²) in [6.45, 7) is 10.4. The number of aromatic nitrogens is 1. The minimum absolute atomic E-state index is 0.0704. The van der Waals surface area contributed by atoms with Gasteiger partial charge >= 0.3 is 0 Å². The third kappa shape index (κ3) is 2.44. The third-order valence-electron chi connectivity index (χ3n) is 5.15. The summed E-state index contributed by atoms with van der Waals surface area (Å²) in [5, 5.41) is 3.46. The molecule has 3 rings (SSSR count). The van der Waals surface area contributed by atoms with E-state index in [0.29, 0.717) is 11.8 Å². The summed E-state index contributed by atoms with van der Waals surface area (Å²) < 4.78 is 3.06. The van der Waals surface area contributed by atoms with Crippen molar-refractivity contribution in [3.8, 4) is 0 Å². The normalized spacial score (nSPS) is 27.1. The van der Waals surface area contributed by atoms with Crippen LogP contribution in [-0.2, 0) is 6.54 Å². The highest BCUT2D eigenvalue weighted by Crippen LogP contribution is 2.41. The average molecular weight is 354 g/mol. The van der Waals surface area contributed by atoms with Crippen LogP contribution in [0.3, 0.4) is 0 Å². The van der Waals surface area contributed by atoms with Gasteiger partial charge in [0.1, 0.15) is 5.69 Å². The lowest BCUT2D eigenvalue weighted by molar-refractivity contribution is 0.0592. The summed E-state index contributed by atoms with van der Waals surface area (Å²) in [6, 6.07) is 1.96. The number of carbonyl (C=O) groups is 1. The first-order valence-corrected chi connectivity index (χ1v) is 8.62. The summed E-state index contributed by atoms with van der Waals surface area (Å²) in [4.78, 5) is 15.2. The van der Waals surface area contributed by atoms with E-state index in [2.05, 4.69) is 51.5 Å². The first-order chi connectivity index (χ1) is 9.95. The number of likely N-dealkylation sites (tertiary alicyclic amines) is 1. The number of halogens is 1. The maximum absolute atomic E-state index is 13.1. The van der Waals surface area contributed by atoms with Crippen LogP contribution in [0.15, 0.2) is 16.7 Å². The molecule has 0 bridgehead atoms. The molecule has 0 aliphatic carbocycles. The fourth-order valence-corrected chi connectivity index (χ4v) is 4.45. The van der Waals surface area contributed by atoms with Crippen molar-refractivity contribution in [2.24, 2.45) is 11.8 Å². The van der Waals surface area contributed by atoms with Crippen molar-refractivity contribution < 1.29 is 4.79 Å². The molecular weight excluding hydrogens is 330 g/mol. The molecule has 1 amide bonds. The molecule has 0 radical (unpaired) electrons. The number of nitrogens with zero attached hydrogens (tertiary/aromatic N) is 2. The highest BCUT2D eigenvalue weighted by atomic mass is 79.9. The molecule has 2 aliphatic rings. The summed E-state index contributed by atoms with van der Waals surface area (Å²) >= 11 is 3.51. The zero-order valence-corrected chi connectivity index (χ0v) is 14.6. The smallest absolute Gasteiger partial charge is 0.270 e. The van der Waals surface area contributed by atoms with Gasteiger partial charge in [-0.2, -0.15) is 0 Å². The van der Waals surface area contributed by atoms with Crippen LogP contribution in [0.2, 0.25) is 0 Å². The monoisotopic (exact) mass is 353 g/mol. The van der Waals surface area contributed by atoms with Gasteiger partial charge in [-0.25, -0.2) is 0 Å². The first kappa shape index (κ1) is 15.1. The Kier molecular flexibility index (Phi) is 3.91. The topological polar surface area (TPSA) is 37.3 Å². The lowest BCUT2D eigenvalue weighted by atomic mass is 9.85. The van der Waals surface area contributed by atoms with Crippen LogP contribution in [0.5, 0.6) is 0 Å². The predicted molar refractivity (Wildman–Crippen MR) is 87.4 cm³/mol. The van der Waals surface area contributed by atoms with E-state index in [0.717, 1.165) is 42.8 Å². The van der Waals surface area contributed by atoms with Crippen molar-refractivity contribution in [1.29, 1.82) is 0 Å². The largest absolute Gasteiger partial charge is 0.342 e. The number of hydrogen-bond donors (Lipinski definition) is 1. The van der Waals surface area contributed by atoms with Gasteiger partial charge in [-0.3, -0.25) is 4.79 Å². The Bertz CT molecular complexity index is 552. The summed E-state index contributed by atoms with van der Waals surface area (Å²) in [5.74, 6) is 1.34. The molecule has 2 saturated heterocycles. The molecule has 0 saturated carbocycles. The zero-order chi connectivity index (χ0) is 15.2. The quantitative estimate of drug-likeness (QED) is 0.906. The second kappa shape index (κ2) is 5.43. The van der Waals surface area contributed by atoms with Crippen molar-refractivity contribution in [1.82, 2.24) is 14.8 Å². The Morgan fingerprint density at radius 3 is 2.90 bits per heavy atom. The van der Waals surface area contributed by atoms with Crippen LogP contribution < -0.4 is 5.32 Å². The second-order valence-corrected chi connectivity index (χ2v) is 7.75. The molecule has 2 unspecified atom stereocenters. The van der Waals surface area contributed by atoms with Crippen LogP contribution in [0.4, 0.5) is 0 Å². The van der Waals surface area contributed by atoms with E-state index in [4.69, 9.17) is 0 Å². The molecule has 1 N–H and O–H groups in total. The van der Waals surface area contributed by atoms with Crippen LogP contribution in [-0.4, -0.2) is 40.5 Å². The fourth-order valence-electron chi connectivity index (χ4n) is 3.98. The van der Waals surface area contributed by atoms with Gasteiger partial charge in [0.25, 0.3) is 5.91 Å². The van der Waals surface area contributed by atoms with E-state index < -0.39 is 0 Å². The van der Waals surface area contributed by atoms with Gasteiger partial charge in [0, 0.05) is 42.4 Å². The SMILES string of the molecule is CCCn1cc(Br)cc1C(=O)N1CC2CNCC2C1(C)C. The molecule has 5 heteroatoms. The third-order valence-corrected chi connectivity index (χ3v) is 5.59. The van der Waals surface area contributed by atoms with Gasteiger partial charge in [0.2, 0.25) is 0 Å². The lowest BCUT2D eigenvalue weighted by Gasteiger charge is -2.35. The molecule has 3 heterocycles. The Hall–Kier alpha value is -0.810. The van der Waals surface area contributed by atoms with Crippen LogP contribution in [0.25, 0.3) is 0 Å². The van der Waals surface area contributed by atoms with E-state index in [1.807, 2.05) is 12.3 Å². The van der Waals surface area contributed by atoms with Crippen LogP contribution in [0.1, 0.15) is 37.7 Å². The molecule has 2 atom stereocenters. The molecule has 4 nitrogen and oxygen atoms in total. The number of fused-ring (bicyclic) bond motifs is 1.